The van der Waals surface area contributed by atoms with Crippen LogP contribution in [0, 0.1) is 13.8 Å². The Kier molecular flexibility index (Phi) is 4.04. The molecule has 5 heteroatoms. The van der Waals surface area contributed by atoms with Gasteiger partial charge in [0.1, 0.15) is 5.75 Å². The number of benzene rings is 1. The highest BCUT2D eigenvalue weighted by Gasteiger charge is 2.15. The first kappa shape index (κ1) is 14.5. The number of hydrogen-bond donors (Lipinski definition) is 1. The van der Waals surface area contributed by atoms with Gasteiger partial charge in [-0.1, -0.05) is 11.6 Å². The third kappa shape index (κ3) is 2.65. The molecule has 0 radical (unpaired) electrons. The molecule has 0 atom stereocenters. The number of hydrogen-bond acceptors (Lipinski definition) is 2. The second-order valence-electron chi connectivity index (χ2n) is 4.62. The fourth-order valence-electron chi connectivity index (χ4n) is 2.38. The van der Waals surface area contributed by atoms with Crippen LogP contribution in [0.5, 0.6) is 5.75 Å². The van der Waals surface area contributed by atoms with Gasteiger partial charge < -0.3 is 14.4 Å². The molecule has 0 amide bonds. The van der Waals surface area contributed by atoms with Crippen molar-refractivity contribution in [2.24, 2.45) is 0 Å². The van der Waals surface area contributed by atoms with Crippen LogP contribution in [0.2, 0.25) is 5.02 Å². The summed E-state index contributed by atoms with van der Waals surface area (Å²) in [6.45, 7) is 3.84. The van der Waals surface area contributed by atoms with E-state index in [4.69, 9.17) is 21.4 Å². The first-order chi connectivity index (χ1) is 9.43. The summed E-state index contributed by atoms with van der Waals surface area (Å²) in [5.74, 6) is -0.186. The van der Waals surface area contributed by atoms with E-state index < -0.39 is 5.97 Å². The predicted molar refractivity (Wildman–Crippen MR) is 78.1 cm³/mol. The van der Waals surface area contributed by atoms with Crippen molar-refractivity contribution in [2.45, 2.75) is 20.3 Å². The summed E-state index contributed by atoms with van der Waals surface area (Å²) in [6, 6.07) is 7.28. The van der Waals surface area contributed by atoms with E-state index in [-0.39, 0.29) is 6.42 Å². The lowest BCUT2D eigenvalue weighted by molar-refractivity contribution is -0.136. The second-order valence-corrected chi connectivity index (χ2v) is 5.05. The number of nitrogens with zero attached hydrogens (tertiary/aromatic N) is 1. The fraction of sp³-hybridized carbons (Fsp3) is 0.267. The summed E-state index contributed by atoms with van der Waals surface area (Å²) >= 11 is 5.97. The van der Waals surface area contributed by atoms with Crippen molar-refractivity contribution < 1.29 is 14.6 Å². The van der Waals surface area contributed by atoms with Gasteiger partial charge in [-0.05, 0) is 37.6 Å². The van der Waals surface area contributed by atoms with E-state index in [1.54, 1.807) is 19.2 Å². The van der Waals surface area contributed by atoms with E-state index >= 15 is 0 Å². The van der Waals surface area contributed by atoms with Gasteiger partial charge in [0.25, 0.3) is 0 Å². The van der Waals surface area contributed by atoms with Crippen LogP contribution >= 0.6 is 11.6 Å². The highest BCUT2D eigenvalue weighted by molar-refractivity contribution is 6.30. The number of ether oxygens (including phenoxy) is 1. The summed E-state index contributed by atoms with van der Waals surface area (Å²) in [6.07, 6.45) is 0.00950. The summed E-state index contributed by atoms with van der Waals surface area (Å²) in [4.78, 5) is 10.9. The molecule has 1 N–H and O–H groups in total. The molecule has 2 aromatic rings. The molecule has 1 aromatic carbocycles. The lowest BCUT2D eigenvalue weighted by Crippen LogP contribution is -2.04. The Balaban J connectivity index is 2.58. The van der Waals surface area contributed by atoms with Crippen LogP contribution < -0.4 is 4.74 Å². The van der Waals surface area contributed by atoms with Crippen molar-refractivity contribution in [1.29, 1.82) is 0 Å². The van der Waals surface area contributed by atoms with Crippen molar-refractivity contribution in [3.63, 3.8) is 0 Å². The fourth-order valence-corrected chi connectivity index (χ4v) is 2.54. The van der Waals surface area contributed by atoms with Gasteiger partial charge in [-0.25, -0.2) is 0 Å². The van der Waals surface area contributed by atoms with E-state index in [1.165, 1.54) is 0 Å². The minimum absolute atomic E-state index is 0.00950. The summed E-state index contributed by atoms with van der Waals surface area (Å²) in [7, 11) is 1.58. The summed E-state index contributed by atoms with van der Waals surface area (Å²) in [5, 5.41) is 9.54. The van der Waals surface area contributed by atoms with Crippen LogP contribution in [0.4, 0.5) is 0 Å². The topological polar surface area (TPSA) is 51.5 Å². The molecule has 0 saturated carbocycles. The lowest BCUT2D eigenvalue weighted by Gasteiger charge is -2.14. The average molecular weight is 294 g/mol. The minimum Gasteiger partial charge on any atom is -0.495 e. The van der Waals surface area contributed by atoms with Crippen molar-refractivity contribution in [3.05, 3.63) is 46.2 Å². The number of carbonyl (C=O) groups is 1. The zero-order valence-electron chi connectivity index (χ0n) is 11.6. The minimum atomic E-state index is -0.840. The number of rotatable bonds is 4. The molecule has 0 saturated heterocycles. The summed E-state index contributed by atoms with van der Waals surface area (Å²) < 4.78 is 7.34. The maximum absolute atomic E-state index is 10.9. The SMILES string of the molecule is COc1cc(Cl)ccc1-n1c(C)cc(CC(=O)O)c1C. The van der Waals surface area contributed by atoms with Crippen molar-refractivity contribution in [2.75, 3.05) is 7.11 Å². The molecule has 106 valence electrons. The largest absolute Gasteiger partial charge is 0.495 e. The third-order valence-electron chi connectivity index (χ3n) is 3.26. The number of aliphatic carboxylic acids is 1. The normalized spacial score (nSPS) is 10.6. The van der Waals surface area contributed by atoms with Crippen molar-refractivity contribution >= 4 is 17.6 Å². The van der Waals surface area contributed by atoms with Crippen LogP contribution in [0.3, 0.4) is 0 Å². The maximum Gasteiger partial charge on any atom is 0.307 e. The number of methoxy groups -OCH3 is 1. The number of carboxylic acid groups (broad SMARTS) is 1. The number of carboxylic acids is 1. The highest BCUT2D eigenvalue weighted by Crippen LogP contribution is 2.30. The van der Waals surface area contributed by atoms with Crippen LogP contribution in [-0.2, 0) is 11.2 Å². The van der Waals surface area contributed by atoms with Gasteiger partial charge in [-0.2, -0.15) is 0 Å². The van der Waals surface area contributed by atoms with Gasteiger partial charge >= 0.3 is 5.97 Å². The molecule has 4 nitrogen and oxygen atoms in total. The van der Waals surface area contributed by atoms with Gasteiger partial charge in [0, 0.05) is 22.5 Å². The van der Waals surface area contributed by atoms with Crippen LogP contribution in [0.15, 0.2) is 24.3 Å². The molecule has 0 bridgehead atoms. The van der Waals surface area contributed by atoms with Crippen molar-refractivity contribution in [1.82, 2.24) is 4.57 Å². The Hall–Kier alpha value is -1.94. The molecule has 0 aliphatic heterocycles. The smallest absolute Gasteiger partial charge is 0.307 e. The quantitative estimate of drug-likeness (QED) is 0.940. The maximum atomic E-state index is 10.9. The molecule has 0 spiro atoms. The molecule has 0 aliphatic rings. The summed E-state index contributed by atoms with van der Waals surface area (Å²) in [5.41, 5.74) is 3.50. The molecule has 0 fully saturated rings. The van der Waals surface area contributed by atoms with Gasteiger partial charge in [-0.3, -0.25) is 4.79 Å². The standard InChI is InChI=1S/C15H16ClNO3/c1-9-6-11(7-15(18)19)10(2)17(9)13-5-4-12(16)8-14(13)20-3/h4-6,8H,7H2,1-3H3,(H,18,19). The Bertz CT molecular complexity index is 661. The molecular weight excluding hydrogens is 278 g/mol. The first-order valence-corrected chi connectivity index (χ1v) is 6.55. The average Bonchev–Trinajstić information content (AvgIpc) is 2.64. The zero-order valence-corrected chi connectivity index (χ0v) is 12.4. The third-order valence-corrected chi connectivity index (χ3v) is 3.50. The van der Waals surface area contributed by atoms with E-state index in [9.17, 15) is 4.79 Å². The van der Waals surface area contributed by atoms with Gasteiger partial charge in [0.05, 0.1) is 19.2 Å². The van der Waals surface area contributed by atoms with Crippen molar-refractivity contribution in [3.8, 4) is 11.4 Å². The predicted octanol–water partition coefficient (Wildman–Crippen LogP) is 3.38. The van der Waals surface area contributed by atoms with Gasteiger partial charge in [0.15, 0.2) is 0 Å². The van der Waals surface area contributed by atoms with E-state index in [1.807, 2.05) is 30.5 Å². The lowest BCUT2D eigenvalue weighted by atomic mass is 10.2. The molecule has 0 aliphatic carbocycles. The van der Waals surface area contributed by atoms with E-state index in [2.05, 4.69) is 0 Å². The molecule has 1 aromatic heterocycles. The Morgan fingerprint density at radius 1 is 1.35 bits per heavy atom. The highest BCUT2D eigenvalue weighted by atomic mass is 35.5. The van der Waals surface area contributed by atoms with Crippen LogP contribution in [0.25, 0.3) is 5.69 Å². The van der Waals surface area contributed by atoms with Crippen LogP contribution in [0.1, 0.15) is 17.0 Å². The van der Waals surface area contributed by atoms with E-state index in [0.717, 1.165) is 22.6 Å². The van der Waals surface area contributed by atoms with Gasteiger partial charge in [-0.15, -0.1) is 0 Å². The molecule has 20 heavy (non-hydrogen) atoms. The Morgan fingerprint density at radius 2 is 2.05 bits per heavy atom. The Labute approximate surface area is 122 Å². The number of aryl methyl sites for hydroxylation is 1. The zero-order chi connectivity index (χ0) is 14.9. The molecular formula is C15H16ClNO3. The molecule has 1 heterocycles. The van der Waals surface area contributed by atoms with Crippen LogP contribution in [-0.4, -0.2) is 22.8 Å². The van der Waals surface area contributed by atoms with E-state index in [0.29, 0.717) is 10.8 Å². The first-order valence-electron chi connectivity index (χ1n) is 6.17. The monoisotopic (exact) mass is 293 g/mol. The number of aromatic nitrogens is 1. The number of halogens is 1. The second kappa shape index (κ2) is 5.59. The van der Waals surface area contributed by atoms with Gasteiger partial charge in [0.2, 0.25) is 0 Å². The molecule has 0 unspecified atom stereocenters. The Morgan fingerprint density at radius 3 is 2.65 bits per heavy atom. The molecule has 2 rings (SSSR count).